The highest BCUT2D eigenvalue weighted by molar-refractivity contribution is 6.02. The van der Waals surface area contributed by atoms with Gasteiger partial charge in [-0.3, -0.25) is 9.59 Å². The molecule has 1 aliphatic heterocycles. The van der Waals surface area contributed by atoms with Crippen LogP contribution in [0.5, 0.6) is 0 Å². The Balaban J connectivity index is 1.86. The number of fused-ring (bicyclic) bond motifs is 1. The Morgan fingerprint density at radius 1 is 1.23 bits per heavy atom. The van der Waals surface area contributed by atoms with Crippen molar-refractivity contribution in [3.63, 3.8) is 0 Å². The van der Waals surface area contributed by atoms with Crippen molar-refractivity contribution in [3.8, 4) is 0 Å². The van der Waals surface area contributed by atoms with Crippen LogP contribution in [0.4, 0.5) is 0 Å². The molecular weight excluding hydrogens is 324 g/mol. The van der Waals surface area contributed by atoms with Crippen LogP contribution in [0.2, 0.25) is 0 Å². The Bertz CT molecular complexity index is 704. The van der Waals surface area contributed by atoms with E-state index in [4.69, 9.17) is 0 Å². The van der Waals surface area contributed by atoms with Gasteiger partial charge in [0, 0.05) is 17.6 Å². The van der Waals surface area contributed by atoms with Gasteiger partial charge in [0.2, 0.25) is 5.91 Å². The molecule has 2 saturated carbocycles. The van der Waals surface area contributed by atoms with E-state index in [0.717, 1.165) is 56.1 Å². The van der Waals surface area contributed by atoms with E-state index < -0.39 is 0 Å². The third kappa shape index (κ3) is 2.74. The fraction of sp³-hybridized carbons (Fsp3) is 0.636. The van der Waals surface area contributed by atoms with Gasteiger partial charge < -0.3 is 10.2 Å². The predicted molar refractivity (Wildman–Crippen MR) is 102 cm³/mol. The van der Waals surface area contributed by atoms with Crippen LogP contribution in [0.15, 0.2) is 24.3 Å². The number of nitrogens with zero attached hydrogens (tertiary/aromatic N) is 1. The second-order valence-corrected chi connectivity index (χ2v) is 8.40. The van der Waals surface area contributed by atoms with Crippen LogP contribution in [-0.4, -0.2) is 34.3 Å². The van der Waals surface area contributed by atoms with Gasteiger partial charge in [0.25, 0.3) is 5.91 Å². The largest absolute Gasteiger partial charge is 0.353 e. The summed E-state index contributed by atoms with van der Waals surface area (Å²) in [5.41, 5.74) is 1.30. The zero-order valence-corrected chi connectivity index (χ0v) is 16.0. The average molecular weight is 354 g/mol. The van der Waals surface area contributed by atoms with Gasteiger partial charge in [0.05, 0.1) is 11.5 Å². The Morgan fingerprint density at radius 2 is 1.92 bits per heavy atom. The summed E-state index contributed by atoms with van der Waals surface area (Å²) in [5.74, 6) is 0.00118. The maximum atomic E-state index is 13.5. The van der Waals surface area contributed by atoms with Crippen molar-refractivity contribution in [1.29, 1.82) is 0 Å². The predicted octanol–water partition coefficient (Wildman–Crippen LogP) is 4.01. The number of carbonyl (C=O) groups excluding carboxylic acids is 2. The van der Waals surface area contributed by atoms with Crippen molar-refractivity contribution >= 4 is 11.8 Å². The second kappa shape index (κ2) is 6.71. The highest BCUT2D eigenvalue weighted by Crippen LogP contribution is 2.50. The van der Waals surface area contributed by atoms with Crippen LogP contribution in [0, 0.1) is 0 Å². The SMILES string of the molecule is CC[C@H](C)N1C(=O)c2ccccc2[C@H](C(=O)NC2CC2)C12CCCCC2. The van der Waals surface area contributed by atoms with Crippen molar-refractivity contribution in [2.75, 3.05) is 0 Å². The van der Waals surface area contributed by atoms with Crippen molar-refractivity contribution in [2.45, 2.75) is 88.8 Å². The Morgan fingerprint density at radius 3 is 2.58 bits per heavy atom. The van der Waals surface area contributed by atoms with Crippen LogP contribution >= 0.6 is 0 Å². The monoisotopic (exact) mass is 354 g/mol. The van der Waals surface area contributed by atoms with Crippen LogP contribution in [-0.2, 0) is 4.79 Å². The molecular formula is C22H30N2O2. The number of nitrogens with one attached hydrogen (secondary N) is 1. The van der Waals surface area contributed by atoms with Gasteiger partial charge in [-0.2, -0.15) is 0 Å². The number of benzene rings is 1. The van der Waals surface area contributed by atoms with Crippen molar-refractivity contribution in [3.05, 3.63) is 35.4 Å². The molecule has 0 unspecified atom stereocenters. The summed E-state index contributed by atoms with van der Waals surface area (Å²) >= 11 is 0. The molecule has 2 atom stereocenters. The van der Waals surface area contributed by atoms with E-state index in [0.29, 0.717) is 6.04 Å². The summed E-state index contributed by atoms with van der Waals surface area (Å²) in [6.07, 6.45) is 8.32. The molecule has 4 rings (SSSR count). The molecule has 1 heterocycles. The first-order valence-corrected chi connectivity index (χ1v) is 10.3. The lowest BCUT2D eigenvalue weighted by Crippen LogP contribution is -2.64. The van der Waals surface area contributed by atoms with Crippen LogP contribution in [0.25, 0.3) is 0 Å². The Kier molecular flexibility index (Phi) is 4.54. The molecule has 0 aromatic heterocycles. The van der Waals surface area contributed by atoms with Gasteiger partial charge in [-0.05, 0) is 50.7 Å². The molecule has 1 spiro atoms. The van der Waals surface area contributed by atoms with E-state index in [9.17, 15) is 9.59 Å². The minimum Gasteiger partial charge on any atom is -0.353 e. The number of hydrogen-bond acceptors (Lipinski definition) is 2. The molecule has 1 N–H and O–H groups in total. The van der Waals surface area contributed by atoms with Crippen LogP contribution in [0.3, 0.4) is 0 Å². The smallest absolute Gasteiger partial charge is 0.254 e. The number of hydrogen-bond donors (Lipinski definition) is 1. The lowest BCUT2D eigenvalue weighted by Gasteiger charge is -2.55. The molecule has 4 nitrogen and oxygen atoms in total. The van der Waals surface area contributed by atoms with Crippen molar-refractivity contribution < 1.29 is 9.59 Å². The topological polar surface area (TPSA) is 49.4 Å². The van der Waals surface area contributed by atoms with E-state index in [1.165, 1.54) is 6.42 Å². The molecule has 0 saturated heterocycles. The highest BCUT2D eigenvalue weighted by atomic mass is 16.2. The molecule has 4 heteroatoms. The van der Waals surface area contributed by atoms with E-state index in [2.05, 4.69) is 24.1 Å². The van der Waals surface area contributed by atoms with Crippen LogP contribution < -0.4 is 5.32 Å². The zero-order valence-electron chi connectivity index (χ0n) is 16.0. The third-order valence-corrected chi connectivity index (χ3v) is 6.68. The summed E-state index contributed by atoms with van der Waals surface area (Å²) in [5, 5.41) is 3.25. The standard InChI is InChI=1S/C22H30N2O2/c1-3-15(2)24-21(26)18-10-6-5-9-17(18)19(20(25)23-16-11-12-16)22(24)13-7-4-8-14-22/h5-6,9-10,15-16,19H,3-4,7-8,11-14H2,1-2H3,(H,23,25)/t15-,19+/m0/s1. The Labute approximate surface area is 156 Å². The summed E-state index contributed by atoms with van der Waals surface area (Å²) in [4.78, 5) is 29.0. The summed E-state index contributed by atoms with van der Waals surface area (Å²) in [6.45, 7) is 4.27. The van der Waals surface area contributed by atoms with E-state index in [1.54, 1.807) is 0 Å². The van der Waals surface area contributed by atoms with Gasteiger partial charge in [0.15, 0.2) is 0 Å². The highest BCUT2D eigenvalue weighted by Gasteiger charge is 2.55. The number of rotatable bonds is 4. The third-order valence-electron chi connectivity index (χ3n) is 6.68. The normalized spacial score (nSPS) is 25.7. The molecule has 2 fully saturated rings. The molecule has 2 amide bonds. The van der Waals surface area contributed by atoms with Crippen molar-refractivity contribution in [2.24, 2.45) is 0 Å². The molecule has 0 radical (unpaired) electrons. The second-order valence-electron chi connectivity index (χ2n) is 8.40. The molecule has 26 heavy (non-hydrogen) atoms. The number of amides is 2. The Hall–Kier alpha value is -1.84. The summed E-state index contributed by atoms with van der Waals surface area (Å²) < 4.78 is 0. The van der Waals surface area contributed by atoms with Gasteiger partial charge in [-0.1, -0.05) is 44.4 Å². The maximum Gasteiger partial charge on any atom is 0.254 e. The van der Waals surface area contributed by atoms with E-state index >= 15 is 0 Å². The van der Waals surface area contributed by atoms with E-state index in [1.807, 2.05) is 24.3 Å². The molecule has 1 aromatic rings. The maximum absolute atomic E-state index is 13.5. The summed E-state index contributed by atoms with van der Waals surface area (Å²) in [7, 11) is 0. The first kappa shape index (κ1) is 17.6. The first-order chi connectivity index (χ1) is 12.6. The molecule has 0 bridgehead atoms. The fourth-order valence-electron chi connectivity index (χ4n) is 5.12. The summed E-state index contributed by atoms with van der Waals surface area (Å²) in [6, 6.07) is 8.28. The minimum absolute atomic E-state index is 0.118. The van der Waals surface area contributed by atoms with Gasteiger partial charge in [0.1, 0.15) is 0 Å². The average Bonchev–Trinajstić information content (AvgIpc) is 3.46. The van der Waals surface area contributed by atoms with Crippen LogP contribution in [0.1, 0.15) is 87.1 Å². The molecule has 3 aliphatic rings. The van der Waals surface area contributed by atoms with Gasteiger partial charge in [-0.25, -0.2) is 0 Å². The quantitative estimate of drug-likeness (QED) is 0.888. The zero-order chi connectivity index (χ0) is 18.3. The van der Waals surface area contributed by atoms with Gasteiger partial charge >= 0.3 is 0 Å². The van der Waals surface area contributed by atoms with Gasteiger partial charge in [-0.15, -0.1) is 0 Å². The number of carbonyl (C=O) groups is 2. The fourth-order valence-corrected chi connectivity index (χ4v) is 5.12. The minimum atomic E-state index is -0.363. The molecule has 1 aromatic carbocycles. The molecule has 2 aliphatic carbocycles. The lowest BCUT2D eigenvalue weighted by atomic mass is 9.64. The molecule has 140 valence electrons. The van der Waals surface area contributed by atoms with Crippen molar-refractivity contribution in [1.82, 2.24) is 10.2 Å². The lowest BCUT2D eigenvalue weighted by molar-refractivity contribution is -0.128. The first-order valence-electron chi connectivity index (χ1n) is 10.3. The van der Waals surface area contributed by atoms with E-state index in [-0.39, 0.29) is 29.3 Å².